The summed E-state index contributed by atoms with van der Waals surface area (Å²) in [5, 5.41) is 0. The zero-order valence-corrected chi connectivity index (χ0v) is 19.2. The van der Waals surface area contributed by atoms with Gasteiger partial charge in [-0.05, 0) is 46.0 Å². The van der Waals surface area contributed by atoms with Crippen molar-refractivity contribution in [2.45, 2.75) is 65.5 Å². The Morgan fingerprint density at radius 3 is 2.71 bits per heavy atom. The van der Waals surface area contributed by atoms with Gasteiger partial charge < -0.3 is 24.8 Å². The van der Waals surface area contributed by atoms with E-state index in [2.05, 4.69) is 21.9 Å². The van der Waals surface area contributed by atoms with Crippen LogP contribution in [0.3, 0.4) is 0 Å². The molecule has 0 aliphatic carbocycles. The second-order valence-electron chi connectivity index (χ2n) is 8.91. The van der Waals surface area contributed by atoms with E-state index in [1.54, 1.807) is 12.0 Å². The number of carbonyl (C=O) groups excluding carboxylic acids is 1. The van der Waals surface area contributed by atoms with E-state index in [-0.39, 0.29) is 23.8 Å². The summed E-state index contributed by atoms with van der Waals surface area (Å²) in [6.45, 7) is 10.1. The summed E-state index contributed by atoms with van der Waals surface area (Å²) >= 11 is 0. The number of piperidine rings is 1. The standard InChI is InChI=1S/C21H34N6O4/c1-6-7-11-30-18-24-16(22)15-17(25-18)27(19(23-15)29-5)13-14-9-8-10-26(12-14)20(28)31-21(2,3)4/h14H,6-13H2,1-5H3,(H2,22,24,25)/t14-/m1/s1. The van der Waals surface area contributed by atoms with Gasteiger partial charge in [-0.15, -0.1) is 0 Å². The van der Waals surface area contributed by atoms with Crippen LogP contribution >= 0.6 is 0 Å². The van der Waals surface area contributed by atoms with Gasteiger partial charge in [0.2, 0.25) is 0 Å². The van der Waals surface area contributed by atoms with Crippen molar-refractivity contribution < 1.29 is 19.0 Å². The molecule has 31 heavy (non-hydrogen) atoms. The summed E-state index contributed by atoms with van der Waals surface area (Å²) in [7, 11) is 1.56. The number of amides is 1. The summed E-state index contributed by atoms with van der Waals surface area (Å²) in [6.07, 6.45) is 3.52. The van der Waals surface area contributed by atoms with Crippen LogP contribution in [-0.2, 0) is 11.3 Å². The van der Waals surface area contributed by atoms with Gasteiger partial charge in [0.15, 0.2) is 17.0 Å². The predicted molar refractivity (Wildman–Crippen MR) is 117 cm³/mol. The van der Waals surface area contributed by atoms with Gasteiger partial charge in [0.25, 0.3) is 6.01 Å². The number of fused-ring (bicyclic) bond motifs is 1. The first-order valence-electron chi connectivity index (χ1n) is 10.9. The lowest BCUT2D eigenvalue weighted by atomic mass is 9.98. The lowest BCUT2D eigenvalue weighted by Gasteiger charge is -2.34. The number of nitrogens with two attached hydrogens (primary N) is 1. The number of ether oxygens (including phenoxy) is 3. The van der Waals surface area contributed by atoms with Crippen molar-refractivity contribution in [1.29, 1.82) is 0 Å². The molecule has 0 bridgehead atoms. The zero-order chi connectivity index (χ0) is 22.6. The number of nitrogens with zero attached hydrogens (tertiary/aromatic N) is 5. The predicted octanol–water partition coefficient (Wildman–Crippen LogP) is 3.24. The highest BCUT2D eigenvalue weighted by Crippen LogP contribution is 2.29. The highest BCUT2D eigenvalue weighted by atomic mass is 16.6. The molecule has 1 fully saturated rings. The minimum absolute atomic E-state index is 0.202. The van der Waals surface area contributed by atoms with Crippen LogP contribution in [0.15, 0.2) is 0 Å². The SMILES string of the molecule is CCCCOc1nc(N)c2nc(OC)n(C[C@@H]3CCCN(C(=O)OC(C)(C)C)C3)c2n1. The number of hydrogen-bond donors (Lipinski definition) is 1. The van der Waals surface area contributed by atoms with Crippen LogP contribution in [0.5, 0.6) is 12.0 Å². The first kappa shape index (κ1) is 22.9. The molecule has 1 atom stereocenters. The highest BCUT2D eigenvalue weighted by Gasteiger charge is 2.29. The van der Waals surface area contributed by atoms with E-state index in [0.717, 1.165) is 25.7 Å². The molecule has 1 saturated heterocycles. The van der Waals surface area contributed by atoms with E-state index < -0.39 is 5.60 Å². The molecule has 0 aromatic carbocycles. The van der Waals surface area contributed by atoms with Gasteiger partial charge in [0.1, 0.15) is 5.60 Å². The third-order valence-corrected chi connectivity index (χ3v) is 5.09. The Labute approximate surface area is 183 Å². The molecule has 0 saturated carbocycles. The van der Waals surface area contributed by atoms with Crippen molar-refractivity contribution in [2.24, 2.45) is 5.92 Å². The molecule has 3 heterocycles. The summed E-state index contributed by atoms with van der Waals surface area (Å²) in [6, 6.07) is 0.650. The maximum absolute atomic E-state index is 12.5. The van der Waals surface area contributed by atoms with E-state index in [0.29, 0.717) is 43.4 Å². The number of imidazole rings is 1. The number of nitrogen functional groups attached to an aromatic ring is 1. The average molecular weight is 435 g/mol. The van der Waals surface area contributed by atoms with Gasteiger partial charge in [-0.2, -0.15) is 15.0 Å². The van der Waals surface area contributed by atoms with Gasteiger partial charge in [-0.1, -0.05) is 13.3 Å². The van der Waals surface area contributed by atoms with Crippen LogP contribution in [-0.4, -0.2) is 62.9 Å². The molecule has 10 heteroatoms. The number of aromatic nitrogens is 4. The minimum atomic E-state index is -0.517. The van der Waals surface area contributed by atoms with Gasteiger partial charge in [0.05, 0.1) is 13.7 Å². The van der Waals surface area contributed by atoms with Crippen molar-refractivity contribution >= 4 is 23.1 Å². The molecule has 0 unspecified atom stereocenters. The number of likely N-dealkylation sites (tertiary alicyclic amines) is 1. The summed E-state index contributed by atoms with van der Waals surface area (Å²) in [5.41, 5.74) is 6.66. The zero-order valence-electron chi connectivity index (χ0n) is 19.2. The first-order valence-corrected chi connectivity index (χ1v) is 10.9. The molecule has 0 spiro atoms. The Morgan fingerprint density at radius 1 is 1.26 bits per heavy atom. The van der Waals surface area contributed by atoms with Crippen LogP contribution in [0.25, 0.3) is 11.2 Å². The Bertz CT molecular complexity index is 907. The van der Waals surface area contributed by atoms with E-state index in [4.69, 9.17) is 19.9 Å². The molecule has 2 aromatic heterocycles. The van der Waals surface area contributed by atoms with Crippen LogP contribution in [0.4, 0.5) is 10.6 Å². The molecule has 2 aromatic rings. The Hall–Kier alpha value is -2.78. The molecule has 3 rings (SSSR count). The van der Waals surface area contributed by atoms with Crippen molar-refractivity contribution in [3.63, 3.8) is 0 Å². The largest absolute Gasteiger partial charge is 0.468 e. The molecule has 0 radical (unpaired) electrons. The fraction of sp³-hybridized carbons (Fsp3) is 0.714. The number of methoxy groups -OCH3 is 1. The number of anilines is 1. The van der Waals surface area contributed by atoms with Crippen LogP contribution in [0.1, 0.15) is 53.4 Å². The van der Waals surface area contributed by atoms with Crippen LogP contribution in [0, 0.1) is 5.92 Å². The second kappa shape index (κ2) is 9.57. The molecule has 2 N–H and O–H groups in total. The lowest BCUT2D eigenvalue weighted by molar-refractivity contribution is 0.0157. The fourth-order valence-electron chi connectivity index (χ4n) is 3.64. The first-order chi connectivity index (χ1) is 14.7. The Balaban J connectivity index is 1.81. The molecule has 1 amide bonds. The van der Waals surface area contributed by atoms with Crippen molar-refractivity contribution in [1.82, 2.24) is 24.4 Å². The van der Waals surface area contributed by atoms with Gasteiger partial charge in [0, 0.05) is 19.6 Å². The van der Waals surface area contributed by atoms with Crippen molar-refractivity contribution in [3.8, 4) is 12.0 Å². The van der Waals surface area contributed by atoms with Gasteiger partial charge >= 0.3 is 12.1 Å². The maximum atomic E-state index is 12.5. The molecular formula is C21H34N6O4. The fourth-order valence-corrected chi connectivity index (χ4v) is 3.64. The average Bonchev–Trinajstić information content (AvgIpc) is 3.05. The monoisotopic (exact) mass is 434 g/mol. The quantitative estimate of drug-likeness (QED) is 0.660. The number of unbranched alkanes of at least 4 members (excludes halogenated alkanes) is 1. The molecule has 1 aliphatic rings. The molecule has 172 valence electrons. The third kappa shape index (κ3) is 5.68. The number of hydrogen-bond acceptors (Lipinski definition) is 8. The van der Waals surface area contributed by atoms with E-state index in [9.17, 15) is 4.79 Å². The lowest BCUT2D eigenvalue weighted by Crippen LogP contribution is -2.43. The highest BCUT2D eigenvalue weighted by molar-refractivity contribution is 5.83. The van der Waals surface area contributed by atoms with Gasteiger partial charge in [-0.3, -0.25) is 4.57 Å². The summed E-state index contributed by atoms with van der Waals surface area (Å²) in [5.74, 6) is 0.459. The number of rotatable bonds is 7. The van der Waals surface area contributed by atoms with Crippen LogP contribution in [0.2, 0.25) is 0 Å². The number of carbonyl (C=O) groups is 1. The normalized spacial score (nSPS) is 17.1. The maximum Gasteiger partial charge on any atom is 0.410 e. The topological polar surface area (TPSA) is 118 Å². The Morgan fingerprint density at radius 2 is 2.03 bits per heavy atom. The second-order valence-corrected chi connectivity index (χ2v) is 8.91. The molecule has 1 aliphatic heterocycles. The summed E-state index contributed by atoms with van der Waals surface area (Å²) in [4.78, 5) is 27.5. The third-order valence-electron chi connectivity index (χ3n) is 5.09. The smallest absolute Gasteiger partial charge is 0.410 e. The van der Waals surface area contributed by atoms with Gasteiger partial charge in [-0.25, -0.2) is 4.79 Å². The van der Waals surface area contributed by atoms with Crippen LogP contribution < -0.4 is 15.2 Å². The minimum Gasteiger partial charge on any atom is -0.468 e. The van der Waals surface area contributed by atoms with E-state index in [1.807, 2.05) is 25.3 Å². The van der Waals surface area contributed by atoms with E-state index >= 15 is 0 Å². The Kier molecular flexibility index (Phi) is 7.07. The van der Waals surface area contributed by atoms with Crippen molar-refractivity contribution in [2.75, 3.05) is 32.5 Å². The van der Waals surface area contributed by atoms with E-state index in [1.165, 1.54) is 0 Å². The molecule has 10 nitrogen and oxygen atoms in total. The molecular weight excluding hydrogens is 400 g/mol. The summed E-state index contributed by atoms with van der Waals surface area (Å²) < 4.78 is 18.6. The van der Waals surface area contributed by atoms with Crippen molar-refractivity contribution in [3.05, 3.63) is 0 Å².